The highest BCUT2D eigenvalue weighted by atomic mass is 28.3. The molecule has 1 heterocycles. The molecule has 43 heavy (non-hydrogen) atoms. The molecule has 1 aliphatic heterocycles. The Hall–Kier alpha value is -2.65. The fourth-order valence-electron chi connectivity index (χ4n) is 5.09. The highest BCUT2D eigenvalue weighted by Crippen LogP contribution is 2.28. The zero-order valence-corrected chi connectivity index (χ0v) is 28.5. The van der Waals surface area contributed by atoms with Crippen LogP contribution in [-0.2, 0) is 19.1 Å². The molecule has 242 valence electrons. The Morgan fingerprint density at radius 1 is 1.02 bits per heavy atom. The van der Waals surface area contributed by atoms with Crippen LogP contribution in [0.5, 0.6) is 5.75 Å². The van der Waals surface area contributed by atoms with E-state index in [0.717, 1.165) is 75.8 Å². The molecule has 0 bridgehead atoms. The van der Waals surface area contributed by atoms with E-state index in [9.17, 15) is 14.4 Å². The Bertz CT molecular complexity index is 1050. The van der Waals surface area contributed by atoms with Crippen LogP contribution in [0, 0.1) is 12.8 Å². The summed E-state index contributed by atoms with van der Waals surface area (Å²) in [6, 6.07) is 5.82. The minimum atomic E-state index is -1.21. The van der Waals surface area contributed by atoms with Gasteiger partial charge in [-0.15, -0.1) is 0 Å². The number of hydrogen-bond donors (Lipinski definition) is 1. The van der Waals surface area contributed by atoms with Crippen LogP contribution in [-0.4, -0.2) is 56.3 Å². The average molecular weight is 617 g/mol. The number of amides is 2. The van der Waals surface area contributed by atoms with Crippen LogP contribution >= 0.6 is 0 Å². The molecule has 1 aromatic rings. The van der Waals surface area contributed by atoms with E-state index in [1.807, 2.05) is 32.1 Å². The van der Waals surface area contributed by atoms with Crippen LogP contribution in [0.25, 0.3) is 0 Å². The third-order valence-corrected chi connectivity index (χ3v) is 9.73. The van der Waals surface area contributed by atoms with Crippen LogP contribution in [0.3, 0.4) is 0 Å². The molecule has 2 N–H and O–H groups in total. The molecule has 0 radical (unpaired) electrons. The summed E-state index contributed by atoms with van der Waals surface area (Å²) in [6.07, 6.45) is 13.3. The standard InChI is InChI=1S/C34H56N2O6Si/c1-7-8-9-12-18-28(19-13-10-11-16-27(3)32(35)37)42-34(39)29-20-15-22-36(29)33(38)31-26(2)17-14-21-30(31)41-25-40-23-24-43(4,5)6/h14-15,17,21-22,27-29H,7-13,16,18-20,23-25H2,1-6H3,(H2,35,37)/t27-,28-,29+/m1/s1. The minimum Gasteiger partial charge on any atom is -0.467 e. The monoisotopic (exact) mass is 616 g/mol. The number of primary amides is 1. The summed E-state index contributed by atoms with van der Waals surface area (Å²) in [4.78, 5) is 40.1. The average Bonchev–Trinajstić information content (AvgIpc) is 3.44. The van der Waals surface area contributed by atoms with E-state index in [1.54, 1.807) is 12.3 Å². The fourth-order valence-corrected chi connectivity index (χ4v) is 5.85. The number of carbonyl (C=O) groups is 3. The Balaban J connectivity index is 2.02. The lowest BCUT2D eigenvalue weighted by atomic mass is 9.99. The molecular formula is C34H56N2O6Si. The van der Waals surface area contributed by atoms with Gasteiger partial charge in [-0.05, 0) is 63.1 Å². The summed E-state index contributed by atoms with van der Waals surface area (Å²) in [5.41, 5.74) is 6.59. The van der Waals surface area contributed by atoms with E-state index in [2.05, 4.69) is 26.6 Å². The molecule has 1 aliphatic rings. The zero-order chi connectivity index (χ0) is 31.8. The van der Waals surface area contributed by atoms with E-state index in [4.69, 9.17) is 19.9 Å². The van der Waals surface area contributed by atoms with Crippen molar-refractivity contribution in [2.24, 2.45) is 11.7 Å². The van der Waals surface area contributed by atoms with Crippen molar-refractivity contribution in [2.45, 2.75) is 129 Å². The van der Waals surface area contributed by atoms with E-state index in [-0.39, 0.29) is 36.6 Å². The topological polar surface area (TPSA) is 108 Å². The van der Waals surface area contributed by atoms with Gasteiger partial charge >= 0.3 is 5.97 Å². The first-order chi connectivity index (χ1) is 20.4. The SMILES string of the molecule is CCCCCC[C@H](CCCCC[C@@H](C)C(N)=O)OC(=O)[C@@H]1CC=CN1C(=O)c1c(C)cccc1OCOCC[Si](C)(C)C. The van der Waals surface area contributed by atoms with E-state index in [0.29, 0.717) is 24.3 Å². The van der Waals surface area contributed by atoms with Crippen molar-refractivity contribution >= 4 is 25.9 Å². The predicted molar refractivity (Wildman–Crippen MR) is 175 cm³/mol. The van der Waals surface area contributed by atoms with Gasteiger partial charge in [0, 0.05) is 26.8 Å². The van der Waals surface area contributed by atoms with Crippen LogP contribution in [0.1, 0.15) is 100 Å². The van der Waals surface area contributed by atoms with E-state index in [1.165, 1.54) is 4.90 Å². The first-order valence-corrected chi connectivity index (χ1v) is 19.9. The summed E-state index contributed by atoms with van der Waals surface area (Å²) >= 11 is 0. The fraction of sp³-hybridized carbons (Fsp3) is 0.676. The number of nitrogens with two attached hydrogens (primary N) is 1. The van der Waals surface area contributed by atoms with Gasteiger partial charge in [-0.1, -0.05) is 83.8 Å². The maximum absolute atomic E-state index is 13.8. The molecule has 0 fully saturated rings. The first kappa shape index (κ1) is 36.5. The zero-order valence-electron chi connectivity index (χ0n) is 27.5. The van der Waals surface area contributed by atoms with Gasteiger partial charge in [0.15, 0.2) is 6.79 Å². The van der Waals surface area contributed by atoms with Crippen LogP contribution < -0.4 is 10.5 Å². The summed E-state index contributed by atoms with van der Waals surface area (Å²) in [6.45, 7) is 13.5. The van der Waals surface area contributed by atoms with Gasteiger partial charge in [0.25, 0.3) is 5.91 Å². The Morgan fingerprint density at radius 3 is 2.35 bits per heavy atom. The van der Waals surface area contributed by atoms with E-state index >= 15 is 0 Å². The van der Waals surface area contributed by atoms with Crippen molar-refractivity contribution in [1.82, 2.24) is 4.90 Å². The lowest BCUT2D eigenvalue weighted by molar-refractivity contribution is -0.154. The molecule has 0 saturated heterocycles. The van der Waals surface area contributed by atoms with Crippen molar-refractivity contribution in [2.75, 3.05) is 13.4 Å². The van der Waals surface area contributed by atoms with Gasteiger partial charge in [0.05, 0.1) is 5.56 Å². The number of hydrogen-bond acceptors (Lipinski definition) is 6. The molecule has 0 unspecified atom stereocenters. The normalized spacial score (nSPS) is 16.2. The molecule has 3 atom stereocenters. The first-order valence-electron chi connectivity index (χ1n) is 16.2. The molecule has 0 aromatic heterocycles. The molecule has 1 aromatic carbocycles. The number of rotatable bonds is 21. The Kier molecular flexibility index (Phi) is 16.0. The predicted octanol–water partition coefficient (Wildman–Crippen LogP) is 7.37. The van der Waals surface area contributed by atoms with Crippen LogP contribution in [0.15, 0.2) is 30.5 Å². The molecule has 0 saturated carbocycles. The minimum absolute atomic E-state index is 0.0661. The second kappa shape index (κ2) is 18.9. The van der Waals surface area contributed by atoms with Gasteiger partial charge in [0.1, 0.15) is 17.9 Å². The van der Waals surface area contributed by atoms with Crippen LogP contribution in [0.4, 0.5) is 0 Å². The molecule has 2 amide bonds. The quantitative estimate of drug-likeness (QED) is 0.0669. The summed E-state index contributed by atoms with van der Waals surface area (Å²) in [5.74, 6) is -0.587. The summed E-state index contributed by atoms with van der Waals surface area (Å²) in [5, 5.41) is 0. The number of esters is 1. The molecular weight excluding hydrogens is 560 g/mol. The lowest BCUT2D eigenvalue weighted by Crippen LogP contribution is -2.41. The molecule has 0 spiro atoms. The molecule has 2 rings (SSSR count). The van der Waals surface area contributed by atoms with Crippen molar-refractivity contribution in [1.29, 1.82) is 0 Å². The molecule has 0 aliphatic carbocycles. The highest BCUT2D eigenvalue weighted by Gasteiger charge is 2.35. The van der Waals surface area contributed by atoms with Crippen molar-refractivity contribution in [3.8, 4) is 5.75 Å². The van der Waals surface area contributed by atoms with E-state index < -0.39 is 14.1 Å². The van der Waals surface area contributed by atoms with Gasteiger partial charge in [-0.2, -0.15) is 0 Å². The number of aryl methyl sites for hydroxylation is 1. The number of carbonyl (C=O) groups excluding carboxylic acids is 3. The second-order valence-corrected chi connectivity index (χ2v) is 18.7. The van der Waals surface area contributed by atoms with Gasteiger partial charge in [0.2, 0.25) is 5.91 Å². The number of benzene rings is 1. The van der Waals surface area contributed by atoms with Gasteiger partial charge < -0.3 is 24.8 Å². The molecule has 8 nitrogen and oxygen atoms in total. The smallest absolute Gasteiger partial charge is 0.329 e. The maximum Gasteiger partial charge on any atom is 0.329 e. The molecule has 9 heteroatoms. The number of nitrogens with zero attached hydrogens (tertiary/aromatic N) is 1. The summed E-state index contributed by atoms with van der Waals surface area (Å²) in [7, 11) is -1.21. The second-order valence-electron chi connectivity index (χ2n) is 13.1. The summed E-state index contributed by atoms with van der Waals surface area (Å²) < 4.78 is 17.7. The maximum atomic E-state index is 13.8. The lowest BCUT2D eigenvalue weighted by Gasteiger charge is -2.26. The van der Waals surface area contributed by atoms with Crippen molar-refractivity contribution in [3.05, 3.63) is 41.6 Å². The largest absolute Gasteiger partial charge is 0.467 e. The third kappa shape index (κ3) is 13.3. The Morgan fingerprint density at radius 2 is 1.70 bits per heavy atom. The van der Waals surface area contributed by atoms with Crippen molar-refractivity contribution < 1.29 is 28.6 Å². The van der Waals surface area contributed by atoms with Gasteiger partial charge in [-0.3, -0.25) is 9.59 Å². The van der Waals surface area contributed by atoms with Crippen molar-refractivity contribution in [3.63, 3.8) is 0 Å². The number of ether oxygens (including phenoxy) is 3. The van der Waals surface area contributed by atoms with Crippen LogP contribution in [0.2, 0.25) is 25.7 Å². The highest BCUT2D eigenvalue weighted by molar-refractivity contribution is 6.76. The third-order valence-electron chi connectivity index (χ3n) is 8.02. The Labute approximate surface area is 260 Å². The number of unbranched alkanes of at least 4 members (excludes halogenated alkanes) is 5. The van der Waals surface area contributed by atoms with Gasteiger partial charge in [-0.25, -0.2) is 4.79 Å².